The summed E-state index contributed by atoms with van der Waals surface area (Å²) in [6, 6.07) is -0.661. The highest BCUT2D eigenvalue weighted by molar-refractivity contribution is 5.84. The Morgan fingerprint density at radius 3 is 2.38 bits per heavy atom. The van der Waals surface area contributed by atoms with E-state index in [-0.39, 0.29) is 36.4 Å². The van der Waals surface area contributed by atoms with Gasteiger partial charge in [-0.05, 0) is 32.1 Å². The number of hydrogen-bond donors (Lipinski definition) is 6. The van der Waals surface area contributed by atoms with Gasteiger partial charge in [0.25, 0.3) is 0 Å². The van der Waals surface area contributed by atoms with Gasteiger partial charge in [-0.3, -0.25) is 21.3 Å². The summed E-state index contributed by atoms with van der Waals surface area (Å²) in [6.45, 7) is 2.67. The summed E-state index contributed by atoms with van der Waals surface area (Å²) < 4.78 is 0. The van der Waals surface area contributed by atoms with Gasteiger partial charge in [0.05, 0.1) is 24.7 Å². The number of carboxylic acid groups (broad SMARTS) is 2. The Labute approximate surface area is 220 Å². The molecule has 5 atom stereocenters. The Morgan fingerprint density at radius 1 is 1.11 bits per heavy atom. The molecule has 0 aliphatic heterocycles. The Hall–Kier alpha value is -2.50. The molecule has 0 amide bonds. The molecule has 0 aromatic rings. The van der Waals surface area contributed by atoms with Gasteiger partial charge in [-0.25, -0.2) is 0 Å². The number of quaternary nitrogens is 1. The van der Waals surface area contributed by atoms with Crippen molar-refractivity contribution in [1.82, 2.24) is 0 Å². The summed E-state index contributed by atoms with van der Waals surface area (Å²) in [6.07, 6.45) is 11.5. The molecule has 0 heterocycles. The number of carboxylic acids is 2. The molecular formula is C26H48N4O7. The van der Waals surface area contributed by atoms with Gasteiger partial charge in [0.2, 0.25) is 0 Å². The van der Waals surface area contributed by atoms with Crippen molar-refractivity contribution in [1.29, 1.82) is 0 Å². The number of carbonyl (C=O) groups excluding carboxylic acids is 3. The lowest BCUT2D eigenvalue weighted by Gasteiger charge is -2.18. The van der Waals surface area contributed by atoms with E-state index in [1.165, 1.54) is 0 Å². The van der Waals surface area contributed by atoms with Crippen LogP contribution in [0.4, 0.5) is 0 Å². The third kappa shape index (κ3) is 17.6. The molecule has 0 spiro atoms. The first-order valence-corrected chi connectivity index (χ1v) is 13.4. The van der Waals surface area contributed by atoms with Crippen LogP contribution in [0.3, 0.4) is 0 Å². The molecule has 1 unspecified atom stereocenters. The zero-order valence-electron chi connectivity index (χ0n) is 22.2. The number of aliphatic hydroxyl groups excluding tert-OH is 2. The van der Waals surface area contributed by atoms with Crippen molar-refractivity contribution >= 4 is 23.7 Å². The van der Waals surface area contributed by atoms with Crippen LogP contribution in [0.2, 0.25) is 0 Å². The number of nitrogens with one attached hydrogen (secondary N) is 1. The van der Waals surface area contributed by atoms with E-state index in [1.807, 2.05) is 6.08 Å². The lowest BCUT2D eigenvalue weighted by Crippen LogP contribution is -2.78. The fraction of sp³-hybridized carbons (Fsp3) is 0.769. The van der Waals surface area contributed by atoms with Crippen LogP contribution in [-0.4, -0.2) is 58.7 Å². The van der Waals surface area contributed by atoms with E-state index in [0.717, 1.165) is 38.5 Å². The molecule has 0 aromatic heterocycles. The minimum Gasteiger partial charge on any atom is -0.550 e. The van der Waals surface area contributed by atoms with Crippen LogP contribution in [0.1, 0.15) is 90.4 Å². The second-order valence-electron chi connectivity index (χ2n) is 9.73. The first-order chi connectivity index (χ1) is 17.5. The first kappa shape index (κ1) is 34.5. The van der Waals surface area contributed by atoms with Gasteiger partial charge < -0.3 is 35.7 Å². The average Bonchev–Trinajstić information content (AvgIpc) is 3.09. The number of aliphatic carboxylic acids is 2. The molecule has 1 rings (SSSR count). The van der Waals surface area contributed by atoms with Crippen molar-refractivity contribution in [3.05, 3.63) is 12.2 Å². The molecule has 1 aliphatic carbocycles. The van der Waals surface area contributed by atoms with Gasteiger partial charge in [0, 0.05) is 30.6 Å². The van der Waals surface area contributed by atoms with Gasteiger partial charge in [0.15, 0.2) is 0 Å². The third-order valence-electron chi connectivity index (χ3n) is 6.43. The molecule has 10 N–H and O–H groups in total. The molecule has 37 heavy (non-hydrogen) atoms. The summed E-state index contributed by atoms with van der Waals surface area (Å²) in [4.78, 5) is 35.3. The fourth-order valence-corrected chi connectivity index (χ4v) is 4.23. The Bertz CT molecular complexity index is 726. The van der Waals surface area contributed by atoms with Crippen LogP contribution in [0.25, 0.3) is 0 Å². The molecule has 1 saturated carbocycles. The van der Waals surface area contributed by atoms with E-state index in [0.29, 0.717) is 38.6 Å². The van der Waals surface area contributed by atoms with E-state index in [4.69, 9.17) is 11.5 Å². The number of hydrogen-bond acceptors (Lipinski definition) is 7. The van der Waals surface area contributed by atoms with Gasteiger partial charge in [0.1, 0.15) is 11.8 Å². The minimum absolute atomic E-state index is 0.0857. The van der Waals surface area contributed by atoms with Crippen LogP contribution in [0, 0.1) is 11.8 Å². The highest BCUT2D eigenvalue weighted by atomic mass is 16.4. The first-order valence-electron chi connectivity index (χ1n) is 13.4. The molecular weight excluding hydrogens is 480 g/mol. The van der Waals surface area contributed by atoms with Crippen LogP contribution in [-0.2, 0) is 14.4 Å². The average molecular weight is 529 g/mol. The lowest BCUT2D eigenvalue weighted by molar-refractivity contribution is -0.466. The van der Waals surface area contributed by atoms with Gasteiger partial charge >= 0.3 is 5.96 Å². The second-order valence-corrected chi connectivity index (χ2v) is 9.73. The summed E-state index contributed by atoms with van der Waals surface area (Å²) in [5.74, 6) is -2.30. The van der Waals surface area contributed by atoms with Gasteiger partial charge in [-0.1, -0.05) is 57.6 Å². The largest absolute Gasteiger partial charge is 0.550 e. The maximum absolute atomic E-state index is 12.1. The van der Waals surface area contributed by atoms with Crippen molar-refractivity contribution in [3.63, 3.8) is 0 Å². The predicted molar refractivity (Wildman–Crippen MR) is 135 cm³/mol. The molecule has 11 nitrogen and oxygen atoms in total. The fourth-order valence-electron chi connectivity index (χ4n) is 4.23. The SMILES string of the molecule is CCCCC[C@H](O)/C=C/[C@@H]1C(CCCCCCC(=O)[O-])C(=O)C[C@H]1O.NC(N)=[NH+]CCC[C@H]([NH3+])C(=O)[O-]. The van der Waals surface area contributed by atoms with Crippen LogP contribution >= 0.6 is 0 Å². The van der Waals surface area contributed by atoms with E-state index >= 15 is 0 Å². The Kier molecular flexibility index (Phi) is 19.2. The number of guanidine groups is 1. The maximum Gasteiger partial charge on any atom is 0.338 e. The number of aliphatic hydroxyl groups is 2. The standard InChI is InChI=1S/C20H34O5.C6H14N4O2/c1-2-3-6-9-15(21)12-13-17-16(18(22)14-19(17)23)10-7-4-5-8-11-20(24)25;7-4(5(11)12)2-1-3-10-6(8)9/h12-13,15-17,19,21,23H,2-11,14H2,1H3,(H,24,25);4H,1-3,7H2,(H,11,12)(H4,8,9,10)/b13-12+;/t15-,16?,17+,19+;4-/m00/s1. The van der Waals surface area contributed by atoms with Gasteiger partial charge in [-0.2, -0.15) is 0 Å². The minimum atomic E-state index is -1.13. The number of nitrogens with two attached hydrogens (primary N) is 2. The summed E-state index contributed by atoms with van der Waals surface area (Å²) in [5.41, 5.74) is 13.6. The van der Waals surface area contributed by atoms with Crippen LogP contribution in [0.5, 0.6) is 0 Å². The van der Waals surface area contributed by atoms with Crippen molar-refractivity contribution in [2.24, 2.45) is 23.3 Å². The van der Waals surface area contributed by atoms with Crippen molar-refractivity contribution in [2.75, 3.05) is 6.54 Å². The Balaban J connectivity index is 0.000000908. The maximum atomic E-state index is 12.1. The number of rotatable bonds is 18. The smallest absolute Gasteiger partial charge is 0.338 e. The molecule has 0 saturated heterocycles. The summed E-state index contributed by atoms with van der Waals surface area (Å²) in [7, 11) is 0. The number of carbonyl (C=O) groups is 3. The Morgan fingerprint density at radius 2 is 1.78 bits per heavy atom. The number of unbranched alkanes of at least 4 members (excludes halogenated alkanes) is 5. The van der Waals surface area contributed by atoms with Crippen molar-refractivity contribution in [2.45, 2.75) is 109 Å². The zero-order valence-corrected chi connectivity index (χ0v) is 22.2. The third-order valence-corrected chi connectivity index (χ3v) is 6.43. The van der Waals surface area contributed by atoms with E-state index in [9.17, 15) is 34.8 Å². The van der Waals surface area contributed by atoms with E-state index in [1.54, 1.807) is 6.08 Å². The van der Waals surface area contributed by atoms with Crippen LogP contribution in [0.15, 0.2) is 12.2 Å². The highest BCUT2D eigenvalue weighted by Crippen LogP contribution is 2.34. The van der Waals surface area contributed by atoms with E-state index in [2.05, 4.69) is 17.6 Å². The van der Waals surface area contributed by atoms with Crippen molar-refractivity contribution in [3.8, 4) is 0 Å². The molecule has 0 aromatic carbocycles. The number of ketones is 1. The van der Waals surface area contributed by atoms with E-state index < -0.39 is 30.2 Å². The van der Waals surface area contributed by atoms with Crippen LogP contribution < -0.4 is 32.4 Å². The van der Waals surface area contributed by atoms with Gasteiger partial charge in [-0.15, -0.1) is 0 Å². The highest BCUT2D eigenvalue weighted by Gasteiger charge is 2.39. The second kappa shape index (κ2) is 20.5. The molecule has 11 heteroatoms. The quantitative estimate of drug-likeness (QED) is 0.0450. The predicted octanol–water partition coefficient (Wildman–Crippen LogP) is -3.38. The summed E-state index contributed by atoms with van der Waals surface area (Å²) >= 11 is 0. The topological polar surface area (TPSA) is 231 Å². The zero-order chi connectivity index (χ0) is 28.2. The molecule has 0 bridgehead atoms. The molecule has 1 fully saturated rings. The molecule has 1 aliphatic rings. The summed E-state index contributed by atoms with van der Waals surface area (Å²) in [5, 5.41) is 40.7. The lowest BCUT2D eigenvalue weighted by atomic mass is 9.88. The molecule has 0 radical (unpaired) electrons. The molecule has 214 valence electrons. The number of Topliss-reactive ketones (excluding diaryl/α,β-unsaturated/α-hetero) is 1. The monoisotopic (exact) mass is 528 g/mol. The normalized spacial score (nSPS) is 20.8. The van der Waals surface area contributed by atoms with Crippen molar-refractivity contribution < 1.29 is 45.5 Å².